The van der Waals surface area contributed by atoms with Crippen LogP contribution in [0.5, 0.6) is 0 Å². The Hall–Kier alpha value is -1.20. The molecule has 0 bridgehead atoms. The number of benzene rings is 1. The topological polar surface area (TPSA) is 32.3 Å². The van der Waals surface area contributed by atoms with Crippen molar-refractivity contribution in [1.82, 2.24) is 10.2 Å². The van der Waals surface area contributed by atoms with E-state index in [1.807, 2.05) is 6.92 Å². The zero-order chi connectivity index (χ0) is 16.1. The molecule has 1 fully saturated rings. The van der Waals surface area contributed by atoms with E-state index in [2.05, 4.69) is 5.32 Å². The monoisotopic (exact) mass is 346 g/mol. The highest BCUT2D eigenvalue weighted by atomic mass is 35.5. The third-order valence-corrected chi connectivity index (χ3v) is 4.37. The third-order valence-electron chi connectivity index (χ3n) is 4.37. The van der Waals surface area contributed by atoms with E-state index in [-0.39, 0.29) is 42.4 Å². The van der Waals surface area contributed by atoms with Crippen LogP contribution >= 0.6 is 12.4 Å². The maximum absolute atomic E-state index is 13.9. The minimum absolute atomic E-state index is 0. The quantitative estimate of drug-likeness (QED) is 0.854. The van der Waals surface area contributed by atoms with Crippen molar-refractivity contribution in [2.75, 3.05) is 13.6 Å². The average molecular weight is 347 g/mol. The maximum atomic E-state index is 13.9. The van der Waals surface area contributed by atoms with Crippen LogP contribution in [0.1, 0.15) is 38.2 Å². The molecule has 23 heavy (non-hydrogen) atoms. The van der Waals surface area contributed by atoms with Gasteiger partial charge < -0.3 is 10.2 Å². The molecule has 1 aliphatic rings. The van der Waals surface area contributed by atoms with Gasteiger partial charge in [0.15, 0.2) is 0 Å². The first-order valence-corrected chi connectivity index (χ1v) is 7.92. The summed E-state index contributed by atoms with van der Waals surface area (Å²) in [7, 11) is 1.79. The van der Waals surface area contributed by atoms with Crippen molar-refractivity contribution >= 4 is 18.3 Å². The molecule has 1 aromatic rings. The van der Waals surface area contributed by atoms with E-state index < -0.39 is 11.6 Å². The van der Waals surface area contributed by atoms with E-state index in [1.165, 1.54) is 18.2 Å². The molecule has 1 saturated carbocycles. The van der Waals surface area contributed by atoms with Gasteiger partial charge in [-0.1, -0.05) is 25.8 Å². The largest absolute Gasteiger partial charge is 0.335 e. The highest BCUT2D eigenvalue weighted by molar-refractivity contribution is 5.85. The fraction of sp³-hybridized carbons (Fsp3) is 0.588. The molecule has 2 rings (SSSR count). The van der Waals surface area contributed by atoms with Gasteiger partial charge in [-0.25, -0.2) is 8.78 Å². The number of rotatable bonds is 6. The van der Waals surface area contributed by atoms with Crippen molar-refractivity contribution in [2.45, 2.75) is 45.2 Å². The molecule has 6 heteroatoms. The summed E-state index contributed by atoms with van der Waals surface area (Å²) >= 11 is 0. The van der Waals surface area contributed by atoms with Gasteiger partial charge in [0.25, 0.3) is 0 Å². The molecule has 1 N–H and O–H groups in total. The van der Waals surface area contributed by atoms with E-state index in [1.54, 1.807) is 11.9 Å². The van der Waals surface area contributed by atoms with Gasteiger partial charge in [-0.3, -0.25) is 4.79 Å². The van der Waals surface area contributed by atoms with Gasteiger partial charge in [0.05, 0.1) is 6.54 Å². The Morgan fingerprint density at radius 2 is 1.87 bits per heavy atom. The van der Waals surface area contributed by atoms with Gasteiger partial charge in [0, 0.05) is 24.1 Å². The van der Waals surface area contributed by atoms with E-state index in [4.69, 9.17) is 0 Å². The molecule has 0 radical (unpaired) electrons. The lowest BCUT2D eigenvalue weighted by atomic mass is 10.1. The Kier molecular flexibility index (Phi) is 7.92. The lowest BCUT2D eigenvalue weighted by molar-refractivity contribution is -0.138. The molecule has 130 valence electrons. The Morgan fingerprint density at radius 1 is 1.30 bits per heavy atom. The van der Waals surface area contributed by atoms with Crippen LogP contribution in [-0.2, 0) is 11.3 Å². The molecule has 0 spiro atoms. The lowest BCUT2D eigenvalue weighted by Gasteiger charge is -2.31. The van der Waals surface area contributed by atoms with Crippen molar-refractivity contribution in [2.24, 2.45) is 5.92 Å². The predicted molar refractivity (Wildman–Crippen MR) is 89.5 cm³/mol. The molecule has 0 saturated heterocycles. The number of carbonyl (C=O) groups excluding carboxylic acids is 1. The fourth-order valence-corrected chi connectivity index (χ4v) is 3.13. The zero-order valence-electron chi connectivity index (χ0n) is 13.6. The summed E-state index contributed by atoms with van der Waals surface area (Å²) in [6.45, 7) is 2.41. The summed E-state index contributed by atoms with van der Waals surface area (Å²) < 4.78 is 27.8. The molecule has 0 aromatic heterocycles. The normalized spacial score (nSPS) is 16.0. The van der Waals surface area contributed by atoms with Crippen LogP contribution < -0.4 is 5.32 Å². The van der Waals surface area contributed by atoms with Crippen LogP contribution in [-0.4, -0.2) is 30.4 Å². The van der Waals surface area contributed by atoms with Crippen molar-refractivity contribution < 1.29 is 13.6 Å². The van der Waals surface area contributed by atoms with Crippen LogP contribution in [0.25, 0.3) is 0 Å². The molecule has 1 unspecified atom stereocenters. The maximum Gasteiger partial charge on any atom is 0.227 e. The molecule has 1 aliphatic carbocycles. The van der Waals surface area contributed by atoms with Crippen molar-refractivity contribution in [3.8, 4) is 0 Å². The van der Waals surface area contributed by atoms with Crippen molar-refractivity contribution in [3.63, 3.8) is 0 Å². The van der Waals surface area contributed by atoms with E-state index >= 15 is 0 Å². The lowest BCUT2D eigenvalue weighted by Crippen LogP contribution is -2.43. The van der Waals surface area contributed by atoms with E-state index in [9.17, 15) is 13.6 Å². The Labute approximate surface area is 142 Å². The second-order valence-corrected chi connectivity index (χ2v) is 6.06. The molecular weight excluding hydrogens is 322 g/mol. The number of amides is 1. The summed E-state index contributed by atoms with van der Waals surface area (Å²) in [6, 6.07) is 3.92. The standard InChI is InChI=1S/C17H24F2N2O.ClH/c1-12(10-20-2)17(22)21(13-6-3-4-7-13)11-14-15(18)8-5-9-16(14)19;/h5,8-9,12-13,20H,3-4,6-7,10-11H2,1-2H3;1H. The molecule has 0 heterocycles. The van der Waals surface area contributed by atoms with Gasteiger partial charge in [0.1, 0.15) is 11.6 Å². The van der Waals surface area contributed by atoms with Gasteiger partial charge in [0.2, 0.25) is 5.91 Å². The smallest absolute Gasteiger partial charge is 0.227 e. The number of nitrogens with zero attached hydrogens (tertiary/aromatic N) is 1. The Morgan fingerprint density at radius 3 is 2.39 bits per heavy atom. The van der Waals surface area contributed by atoms with Gasteiger partial charge >= 0.3 is 0 Å². The van der Waals surface area contributed by atoms with Gasteiger partial charge in [-0.15, -0.1) is 12.4 Å². The molecule has 0 aliphatic heterocycles. The molecule has 3 nitrogen and oxygen atoms in total. The number of hydrogen-bond acceptors (Lipinski definition) is 2. The second kappa shape index (κ2) is 9.18. The SMILES string of the molecule is CNCC(C)C(=O)N(Cc1c(F)cccc1F)C1CCCC1.Cl. The molecular formula is C17H25ClF2N2O. The number of nitrogens with one attached hydrogen (secondary N) is 1. The highest BCUT2D eigenvalue weighted by Gasteiger charge is 2.30. The van der Waals surface area contributed by atoms with Crippen LogP contribution in [0.15, 0.2) is 18.2 Å². The summed E-state index contributed by atoms with van der Waals surface area (Å²) in [5.41, 5.74) is -0.0144. The predicted octanol–water partition coefficient (Wildman–Crippen LogP) is 3.51. The highest BCUT2D eigenvalue weighted by Crippen LogP contribution is 2.27. The van der Waals surface area contributed by atoms with E-state index in [0.717, 1.165) is 25.7 Å². The van der Waals surface area contributed by atoms with Crippen LogP contribution in [0.4, 0.5) is 8.78 Å². The van der Waals surface area contributed by atoms with E-state index in [0.29, 0.717) is 6.54 Å². The third kappa shape index (κ3) is 4.88. The first-order chi connectivity index (χ1) is 10.5. The van der Waals surface area contributed by atoms with Gasteiger partial charge in [-0.05, 0) is 32.0 Å². The van der Waals surface area contributed by atoms with Crippen LogP contribution in [0.3, 0.4) is 0 Å². The Balaban J connectivity index is 0.00000264. The second-order valence-electron chi connectivity index (χ2n) is 6.06. The molecule has 1 atom stereocenters. The first-order valence-electron chi connectivity index (χ1n) is 7.92. The van der Waals surface area contributed by atoms with Crippen LogP contribution in [0, 0.1) is 17.6 Å². The molecule has 1 aromatic carbocycles. The van der Waals surface area contributed by atoms with Crippen molar-refractivity contribution in [3.05, 3.63) is 35.4 Å². The molecule has 1 amide bonds. The summed E-state index contributed by atoms with van der Waals surface area (Å²) in [6.07, 6.45) is 3.95. The fourth-order valence-electron chi connectivity index (χ4n) is 3.13. The summed E-state index contributed by atoms with van der Waals surface area (Å²) in [5.74, 6) is -1.42. The first kappa shape index (κ1) is 19.8. The minimum Gasteiger partial charge on any atom is -0.335 e. The van der Waals surface area contributed by atoms with Crippen molar-refractivity contribution in [1.29, 1.82) is 0 Å². The summed E-state index contributed by atoms with van der Waals surface area (Å²) in [5, 5.41) is 2.98. The number of hydrogen-bond donors (Lipinski definition) is 1. The minimum atomic E-state index is -0.586. The zero-order valence-corrected chi connectivity index (χ0v) is 14.5. The van der Waals surface area contributed by atoms with Gasteiger partial charge in [-0.2, -0.15) is 0 Å². The van der Waals surface area contributed by atoms with Crippen LogP contribution in [0.2, 0.25) is 0 Å². The Bertz CT molecular complexity index is 501. The summed E-state index contributed by atoms with van der Waals surface area (Å²) in [4.78, 5) is 14.4. The number of halogens is 3. The average Bonchev–Trinajstić information content (AvgIpc) is 3.00. The number of carbonyl (C=O) groups is 1.